The quantitative estimate of drug-likeness (QED) is 0.367. The molecule has 1 unspecified atom stereocenters. The topological polar surface area (TPSA) is 84.2 Å². The van der Waals surface area contributed by atoms with Gasteiger partial charge in [0.1, 0.15) is 0 Å². The van der Waals surface area contributed by atoms with E-state index in [1.165, 1.54) is 0 Å². The summed E-state index contributed by atoms with van der Waals surface area (Å²) in [6.07, 6.45) is -1.86. The molecule has 0 aliphatic carbocycles. The Balaban J connectivity index is 2.19. The number of aliphatic hydroxyl groups is 4. The van der Waals surface area contributed by atoms with Crippen LogP contribution in [0.5, 0.6) is 0 Å². The summed E-state index contributed by atoms with van der Waals surface area (Å²) in [5, 5.41) is 37.6. The molecule has 4 N–H and O–H groups in total. The molecule has 2 fully saturated rings. The highest BCUT2D eigenvalue weighted by Gasteiger charge is 2.52. The summed E-state index contributed by atoms with van der Waals surface area (Å²) in [7, 11) is 0. The van der Waals surface area contributed by atoms with Crippen molar-refractivity contribution in [1.29, 1.82) is 0 Å². The lowest BCUT2D eigenvalue weighted by Gasteiger charge is -2.22. The summed E-state index contributed by atoms with van der Waals surface area (Å²) in [6, 6.07) is -0.815. The predicted molar refractivity (Wildman–Crippen MR) is 44.0 cm³/mol. The minimum absolute atomic E-state index is 0.179. The Morgan fingerprint density at radius 3 is 2.46 bits per heavy atom. The SMILES string of the molecule is OCC1[C@@H](O)[C@H](O)[C@@H]2[C@@H](O)CCN12. The molecule has 0 aromatic rings. The van der Waals surface area contributed by atoms with Gasteiger partial charge >= 0.3 is 0 Å². The number of nitrogens with zero attached hydrogens (tertiary/aromatic N) is 1. The maximum absolute atomic E-state index is 9.58. The number of hydrogen-bond donors (Lipinski definition) is 4. The van der Waals surface area contributed by atoms with Crippen LogP contribution in [0.2, 0.25) is 0 Å². The Hall–Kier alpha value is -0.200. The van der Waals surface area contributed by atoms with Gasteiger partial charge in [0.2, 0.25) is 0 Å². The molecule has 76 valence electrons. The van der Waals surface area contributed by atoms with Crippen molar-refractivity contribution in [2.75, 3.05) is 13.2 Å². The van der Waals surface area contributed by atoms with Crippen LogP contribution in [0.15, 0.2) is 0 Å². The molecule has 2 saturated heterocycles. The van der Waals surface area contributed by atoms with Crippen molar-refractivity contribution in [2.45, 2.75) is 36.8 Å². The predicted octanol–water partition coefficient (Wildman–Crippen LogP) is -2.48. The molecule has 2 heterocycles. The van der Waals surface area contributed by atoms with Crippen LogP contribution in [0.1, 0.15) is 6.42 Å². The van der Waals surface area contributed by atoms with E-state index in [-0.39, 0.29) is 6.61 Å². The zero-order valence-electron chi connectivity index (χ0n) is 7.24. The first-order valence-corrected chi connectivity index (χ1v) is 4.57. The maximum Gasteiger partial charge on any atom is 0.0995 e. The monoisotopic (exact) mass is 189 g/mol. The molecule has 0 aromatic carbocycles. The molecule has 5 atom stereocenters. The minimum Gasteiger partial charge on any atom is -0.395 e. The van der Waals surface area contributed by atoms with Crippen LogP contribution in [0.4, 0.5) is 0 Å². The molecule has 2 aliphatic rings. The van der Waals surface area contributed by atoms with Gasteiger partial charge in [0, 0.05) is 6.54 Å². The Morgan fingerprint density at radius 2 is 1.85 bits per heavy atom. The number of fused-ring (bicyclic) bond motifs is 1. The van der Waals surface area contributed by atoms with E-state index in [9.17, 15) is 15.3 Å². The van der Waals surface area contributed by atoms with E-state index in [2.05, 4.69) is 0 Å². The van der Waals surface area contributed by atoms with E-state index in [0.717, 1.165) is 0 Å². The molecule has 0 amide bonds. The average molecular weight is 189 g/mol. The summed E-state index contributed by atoms with van der Waals surface area (Å²) in [4.78, 5) is 1.79. The van der Waals surface area contributed by atoms with Crippen LogP contribution in [-0.2, 0) is 0 Å². The van der Waals surface area contributed by atoms with Crippen molar-refractivity contribution in [3.05, 3.63) is 0 Å². The molecule has 5 heteroatoms. The van der Waals surface area contributed by atoms with E-state index >= 15 is 0 Å². The highest BCUT2D eigenvalue weighted by atomic mass is 16.3. The lowest BCUT2D eigenvalue weighted by molar-refractivity contribution is -0.000895. The molecule has 0 radical (unpaired) electrons. The van der Waals surface area contributed by atoms with Crippen molar-refractivity contribution < 1.29 is 20.4 Å². The lowest BCUT2D eigenvalue weighted by atomic mass is 10.0. The molecule has 13 heavy (non-hydrogen) atoms. The summed E-state index contributed by atoms with van der Waals surface area (Å²) >= 11 is 0. The molecule has 0 spiro atoms. The van der Waals surface area contributed by atoms with Gasteiger partial charge in [0.15, 0.2) is 0 Å². The second-order valence-corrected chi connectivity index (χ2v) is 3.82. The number of aliphatic hydroxyl groups excluding tert-OH is 4. The van der Waals surface area contributed by atoms with Crippen LogP contribution in [-0.4, -0.2) is 68.9 Å². The van der Waals surface area contributed by atoms with Crippen LogP contribution >= 0.6 is 0 Å². The van der Waals surface area contributed by atoms with Crippen molar-refractivity contribution in [1.82, 2.24) is 4.90 Å². The molecule has 5 nitrogen and oxygen atoms in total. The zero-order chi connectivity index (χ0) is 9.59. The van der Waals surface area contributed by atoms with Crippen molar-refractivity contribution >= 4 is 0 Å². The van der Waals surface area contributed by atoms with Gasteiger partial charge in [-0.1, -0.05) is 0 Å². The second kappa shape index (κ2) is 3.18. The third kappa shape index (κ3) is 1.19. The standard InChI is InChI=1S/C8H15NO4/c10-3-4-7(12)8(13)6-5(11)1-2-9(4)6/h4-8,10-13H,1-3H2/t4?,5-,6-,7+,8+/m0/s1. The number of rotatable bonds is 1. The molecule has 0 saturated carbocycles. The average Bonchev–Trinajstić information content (AvgIpc) is 2.57. The fourth-order valence-corrected chi connectivity index (χ4v) is 2.47. The molecule has 2 rings (SSSR count). The van der Waals surface area contributed by atoms with Gasteiger partial charge in [-0.15, -0.1) is 0 Å². The highest BCUT2D eigenvalue weighted by Crippen LogP contribution is 2.33. The minimum atomic E-state index is -0.940. The first kappa shape index (κ1) is 9.36. The maximum atomic E-state index is 9.58. The third-order valence-corrected chi connectivity index (χ3v) is 3.17. The van der Waals surface area contributed by atoms with Crippen molar-refractivity contribution in [3.63, 3.8) is 0 Å². The second-order valence-electron chi connectivity index (χ2n) is 3.82. The van der Waals surface area contributed by atoms with Gasteiger partial charge in [-0.3, -0.25) is 4.90 Å². The summed E-state index contributed by atoms with van der Waals surface area (Å²) in [5.74, 6) is 0. The summed E-state index contributed by atoms with van der Waals surface area (Å²) < 4.78 is 0. The third-order valence-electron chi connectivity index (χ3n) is 3.17. The first-order valence-electron chi connectivity index (χ1n) is 4.57. The van der Waals surface area contributed by atoms with Crippen LogP contribution < -0.4 is 0 Å². The normalized spacial score (nSPS) is 51.2. The Kier molecular flexibility index (Phi) is 2.29. The first-order chi connectivity index (χ1) is 6.16. The Morgan fingerprint density at radius 1 is 1.15 bits per heavy atom. The van der Waals surface area contributed by atoms with Gasteiger partial charge in [-0.05, 0) is 6.42 Å². The Labute approximate surface area is 76.2 Å². The summed E-state index contributed by atoms with van der Waals surface area (Å²) in [6.45, 7) is 0.451. The molecule has 0 bridgehead atoms. The fourth-order valence-electron chi connectivity index (χ4n) is 2.47. The van der Waals surface area contributed by atoms with Gasteiger partial charge in [0.05, 0.1) is 37.0 Å². The number of hydrogen-bond acceptors (Lipinski definition) is 5. The van der Waals surface area contributed by atoms with Crippen LogP contribution in [0.3, 0.4) is 0 Å². The van der Waals surface area contributed by atoms with E-state index in [1.54, 1.807) is 4.90 Å². The van der Waals surface area contributed by atoms with Gasteiger partial charge in [0.25, 0.3) is 0 Å². The van der Waals surface area contributed by atoms with Crippen LogP contribution in [0.25, 0.3) is 0 Å². The van der Waals surface area contributed by atoms with Crippen LogP contribution in [0, 0.1) is 0 Å². The van der Waals surface area contributed by atoms with Gasteiger partial charge in [-0.25, -0.2) is 0 Å². The highest BCUT2D eigenvalue weighted by molar-refractivity contribution is 5.06. The molecular formula is C8H15NO4. The van der Waals surface area contributed by atoms with Gasteiger partial charge < -0.3 is 20.4 Å². The summed E-state index contributed by atoms with van der Waals surface area (Å²) in [5.41, 5.74) is 0. The van der Waals surface area contributed by atoms with Gasteiger partial charge in [-0.2, -0.15) is 0 Å². The lowest BCUT2D eigenvalue weighted by Crippen LogP contribution is -2.39. The smallest absolute Gasteiger partial charge is 0.0995 e. The Bertz CT molecular complexity index is 201. The van der Waals surface area contributed by atoms with Crippen molar-refractivity contribution in [2.24, 2.45) is 0 Å². The molecular weight excluding hydrogens is 174 g/mol. The largest absolute Gasteiger partial charge is 0.395 e. The molecule has 2 aliphatic heterocycles. The molecule has 0 aromatic heterocycles. The van der Waals surface area contributed by atoms with E-state index in [1.807, 2.05) is 0 Å². The van der Waals surface area contributed by atoms with E-state index in [4.69, 9.17) is 5.11 Å². The van der Waals surface area contributed by atoms with E-state index in [0.29, 0.717) is 13.0 Å². The van der Waals surface area contributed by atoms with Crippen molar-refractivity contribution in [3.8, 4) is 0 Å². The fraction of sp³-hybridized carbons (Fsp3) is 1.00. The van der Waals surface area contributed by atoms with E-state index < -0.39 is 30.4 Å². The zero-order valence-corrected chi connectivity index (χ0v) is 7.24.